The maximum absolute atomic E-state index is 10.2. The molecule has 0 bridgehead atoms. The van der Waals surface area contributed by atoms with Crippen LogP contribution < -0.4 is 0 Å². The van der Waals surface area contributed by atoms with Crippen molar-refractivity contribution in [2.75, 3.05) is 0 Å². The van der Waals surface area contributed by atoms with Crippen LogP contribution in [-0.4, -0.2) is 11.1 Å². The first-order chi connectivity index (χ1) is 9.77. The molecule has 0 aliphatic heterocycles. The maximum Gasteiger partial charge on any atom is 0.307 e. The van der Waals surface area contributed by atoms with E-state index >= 15 is 0 Å². The molecule has 1 N–H and O–H groups in total. The fourth-order valence-electron chi connectivity index (χ4n) is 1.43. The van der Waals surface area contributed by atoms with Crippen molar-refractivity contribution in [2.45, 2.75) is 45.4 Å². The first kappa shape index (κ1) is 18.2. The molecule has 0 aliphatic carbocycles. The number of aliphatic carboxylic acids is 1. The average molecular weight is 274 g/mol. The number of carboxylic acid groups (broad SMARTS) is 1. The Hall–Kier alpha value is -1.83. The standard InChI is InChI=1S/C18H26O2/c1-2-3-4-5-6-7-8-9-10-11-12-13-14-15-16-17-18(19)20/h3-4,6-7,9-10,12-13,15-16H,2,5,8,11,14,17H2,1H3,(H,19,20)/b4-3+,7-6+,10-9+,13-12+,16-15-. The summed E-state index contributed by atoms with van der Waals surface area (Å²) in [6, 6.07) is 0. The third-order valence-corrected chi connectivity index (χ3v) is 2.45. The lowest BCUT2D eigenvalue weighted by atomic mass is 10.2. The normalized spacial score (nSPS) is 12.8. The second-order valence-corrected chi connectivity index (χ2v) is 4.31. The molecule has 0 aromatic heterocycles. The minimum Gasteiger partial charge on any atom is -0.481 e. The van der Waals surface area contributed by atoms with Gasteiger partial charge in [0.25, 0.3) is 0 Å². The second-order valence-electron chi connectivity index (χ2n) is 4.31. The third kappa shape index (κ3) is 16.2. The zero-order valence-electron chi connectivity index (χ0n) is 12.4. The molecule has 0 aromatic rings. The van der Waals surface area contributed by atoms with E-state index in [-0.39, 0.29) is 6.42 Å². The van der Waals surface area contributed by atoms with Gasteiger partial charge in [0.15, 0.2) is 0 Å². The van der Waals surface area contributed by atoms with Gasteiger partial charge in [-0.15, -0.1) is 0 Å². The summed E-state index contributed by atoms with van der Waals surface area (Å²) in [4.78, 5) is 10.2. The summed E-state index contributed by atoms with van der Waals surface area (Å²) in [5, 5.41) is 8.43. The Morgan fingerprint density at radius 2 is 1.05 bits per heavy atom. The van der Waals surface area contributed by atoms with Crippen LogP contribution >= 0.6 is 0 Å². The monoisotopic (exact) mass is 274 g/mol. The van der Waals surface area contributed by atoms with Crippen molar-refractivity contribution >= 4 is 5.97 Å². The highest BCUT2D eigenvalue weighted by Gasteiger charge is 1.87. The van der Waals surface area contributed by atoms with Crippen molar-refractivity contribution in [3.8, 4) is 0 Å². The number of carbonyl (C=O) groups is 1. The Kier molecular flexibility index (Phi) is 13.8. The summed E-state index contributed by atoms with van der Waals surface area (Å²) in [6.45, 7) is 2.14. The van der Waals surface area contributed by atoms with E-state index in [4.69, 9.17) is 5.11 Å². The van der Waals surface area contributed by atoms with E-state index in [2.05, 4.69) is 49.5 Å². The lowest BCUT2D eigenvalue weighted by molar-refractivity contribution is -0.136. The highest BCUT2D eigenvalue weighted by atomic mass is 16.4. The van der Waals surface area contributed by atoms with Crippen LogP contribution in [0.25, 0.3) is 0 Å². The summed E-state index contributed by atoms with van der Waals surface area (Å²) in [7, 11) is 0. The smallest absolute Gasteiger partial charge is 0.307 e. The van der Waals surface area contributed by atoms with Gasteiger partial charge in [-0.25, -0.2) is 0 Å². The summed E-state index contributed by atoms with van der Waals surface area (Å²) in [5.74, 6) is -0.786. The number of rotatable bonds is 11. The zero-order chi connectivity index (χ0) is 14.9. The number of allylic oxidation sites excluding steroid dienone is 9. The molecule has 0 atom stereocenters. The summed E-state index contributed by atoms with van der Waals surface area (Å²) in [5.41, 5.74) is 0. The van der Waals surface area contributed by atoms with E-state index in [9.17, 15) is 4.79 Å². The van der Waals surface area contributed by atoms with Crippen LogP contribution in [-0.2, 0) is 4.79 Å². The van der Waals surface area contributed by atoms with Crippen LogP contribution in [0.15, 0.2) is 60.8 Å². The topological polar surface area (TPSA) is 37.3 Å². The van der Waals surface area contributed by atoms with Gasteiger partial charge in [0.2, 0.25) is 0 Å². The molecule has 0 aliphatic rings. The predicted octanol–water partition coefficient (Wildman–Crippen LogP) is 5.21. The van der Waals surface area contributed by atoms with E-state index in [0.717, 1.165) is 32.1 Å². The van der Waals surface area contributed by atoms with Gasteiger partial charge in [0.05, 0.1) is 6.42 Å². The highest BCUT2D eigenvalue weighted by molar-refractivity contribution is 5.68. The molecule has 2 nitrogen and oxygen atoms in total. The first-order valence-corrected chi connectivity index (χ1v) is 7.24. The van der Waals surface area contributed by atoms with Gasteiger partial charge < -0.3 is 5.11 Å². The van der Waals surface area contributed by atoms with Crippen molar-refractivity contribution < 1.29 is 9.90 Å². The molecule has 0 heterocycles. The molecule has 20 heavy (non-hydrogen) atoms. The predicted molar refractivity (Wildman–Crippen MR) is 86.7 cm³/mol. The molecule has 0 amide bonds. The number of hydrogen-bond donors (Lipinski definition) is 1. The lowest BCUT2D eigenvalue weighted by Crippen LogP contribution is -1.89. The van der Waals surface area contributed by atoms with Crippen LogP contribution in [0.5, 0.6) is 0 Å². The van der Waals surface area contributed by atoms with Crippen molar-refractivity contribution in [2.24, 2.45) is 0 Å². The fourth-order valence-corrected chi connectivity index (χ4v) is 1.43. The van der Waals surface area contributed by atoms with Gasteiger partial charge in [-0.05, 0) is 32.1 Å². The van der Waals surface area contributed by atoms with Crippen molar-refractivity contribution in [3.05, 3.63) is 60.8 Å². The minimum atomic E-state index is -0.786. The molecular formula is C18H26O2. The Labute approximate surface area is 122 Å². The van der Waals surface area contributed by atoms with Crippen LogP contribution in [0.3, 0.4) is 0 Å². The summed E-state index contributed by atoms with van der Waals surface area (Å²) < 4.78 is 0. The summed E-state index contributed by atoms with van der Waals surface area (Å²) >= 11 is 0. The van der Waals surface area contributed by atoms with Gasteiger partial charge in [0.1, 0.15) is 0 Å². The van der Waals surface area contributed by atoms with Crippen LogP contribution in [0, 0.1) is 0 Å². The molecule has 0 rings (SSSR count). The number of hydrogen-bond acceptors (Lipinski definition) is 1. The maximum atomic E-state index is 10.2. The Morgan fingerprint density at radius 1 is 0.700 bits per heavy atom. The van der Waals surface area contributed by atoms with Crippen molar-refractivity contribution in [1.29, 1.82) is 0 Å². The Balaban J connectivity index is 3.49. The molecular weight excluding hydrogens is 248 g/mol. The number of carboxylic acids is 1. The van der Waals surface area contributed by atoms with Crippen molar-refractivity contribution in [3.63, 3.8) is 0 Å². The molecule has 0 saturated carbocycles. The van der Waals surface area contributed by atoms with Gasteiger partial charge in [-0.3, -0.25) is 4.79 Å². The van der Waals surface area contributed by atoms with Crippen LogP contribution in [0.2, 0.25) is 0 Å². The highest BCUT2D eigenvalue weighted by Crippen LogP contribution is 1.95. The average Bonchev–Trinajstić information content (AvgIpc) is 2.43. The van der Waals surface area contributed by atoms with Crippen LogP contribution in [0.4, 0.5) is 0 Å². The van der Waals surface area contributed by atoms with E-state index in [1.54, 1.807) is 6.08 Å². The molecule has 0 aromatic carbocycles. The summed E-state index contributed by atoms with van der Waals surface area (Å²) in [6.07, 6.45) is 25.6. The van der Waals surface area contributed by atoms with Crippen LogP contribution in [0.1, 0.15) is 45.4 Å². The third-order valence-electron chi connectivity index (χ3n) is 2.45. The molecule has 0 fully saturated rings. The van der Waals surface area contributed by atoms with E-state index in [1.165, 1.54) is 0 Å². The Bertz CT molecular complexity index is 371. The van der Waals surface area contributed by atoms with Gasteiger partial charge in [0, 0.05) is 0 Å². The van der Waals surface area contributed by atoms with Gasteiger partial charge >= 0.3 is 5.97 Å². The molecule has 0 unspecified atom stereocenters. The molecule has 0 spiro atoms. The first-order valence-electron chi connectivity index (χ1n) is 7.24. The van der Waals surface area contributed by atoms with E-state index in [1.807, 2.05) is 12.2 Å². The molecule has 0 radical (unpaired) electrons. The van der Waals surface area contributed by atoms with E-state index < -0.39 is 5.97 Å². The second kappa shape index (κ2) is 15.2. The molecule has 110 valence electrons. The lowest BCUT2D eigenvalue weighted by Gasteiger charge is -1.85. The quantitative estimate of drug-likeness (QED) is 0.525. The molecule has 0 saturated heterocycles. The molecule has 2 heteroatoms. The SMILES string of the molecule is CC/C=C/C/C=C/C/C=C/C/C=C/C/C=C\CC(=O)O. The Morgan fingerprint density at radius 3 is 1.40 bits per heavy atom. The van der Waals surface area contributed by atoms with Gasteiger partial charge in [-0.1, -0.05) is 67.7 Å². The minimum absolute atomic E-state index is 0.105. The van der Waals surface area contributed by atoms with Gasteiger partial charge in [-0.2, -0.15) is 0 Å². The fraction of sp³-hybridized carbons (Fsp3) is 0.389. The van der Waals surface area contributed by atoms with E-state index in [0.29, 0.717) is 0 Å². The van der Waals surface area contributed by atoms with Crippen molar-refractivity contribution in [1.82, 2.24) is 0 Å². The largest absolute Gasteiger partial charge is 0.481 e. The zero-order valence-corrected chi connectivity index (χ0v) is 12.4.